The lowest BCUT2D eigenvalue weighted by Crippen LogP contribution is -2.37. The molecule has 3 aromatic rings. The number of rotatable bonds is 6. The van der Waals surface area contributed by atoms with Crippen LogP contribution in [0.3, 0.4) is 0 Å². The van der Waals surface area contributed by atoms with Gasteiger partial charge in [-0.3, -0.25) is 9.48 Å². The lowest BCUT2D eigenvalue weighted by molar-refractivity contribution is -0.121. The topological polar surface area (TPSA) is 64.7 Å². The quantitative estimate of drug-likeness (QED) is 0.730. The Morgan fingerprint density at radius 2 is 1.81 bits per heavy atom. The fraction of sp³-hybridized carbons (Fsp3) is 0.381. The number of nitrogens with zero attached hydrogens (tertiary/aromatic N) is 4. The van der Waals surface area contributed by atoms with Crippen molar-refractivity contribution >= 4 is 5.91 Å². The van der Waals surface area contributed by atoms with E-state index in [-0.39, 0.29) is 11.9 Å². The van der Waals surface area contributed by atoms with E-state index in [2.05, 4.69) is 15.5 Å². The molecule has 6 nitrogen and oxygen atoms in total. The highest BCUT2D eigenvalue weighted by atomic mass is 16.1. The third-order valence-corrected chi connectivity index (χ3v) is 4.74. The van der Waals surface area contributed by atoms with Gasteiger partial charge in [0.15, 0.2) is 0 Å². The van der Waals surface area contributed by atoms with E-state index in [1.54, 1.807) is 0 Å². The van der Waals surface area contributed by atoms with Crippen molar-refractivity contribution in [2.45, 2.75) is 53.6 Å². The van der Waals surface area contributed by atoms with Crippen LogP contribution in [-0.2, 0) is 17.8 Å². The first kappa shape index (κ1) is 18.9. The van der Waals surface area contributed by atoms with Gasteiger partial charge in [0, 0.05) is 23.0 Å². The van der Waals surface area contributed by atoms with E-state index < -0.39 is 0 Å². The Hall–Kier alpha value is -2.89. The molecule has 6 heteroatoms. The monoisotopic (exact) mass is 365 g/mol. The molecule has 0 saturated carbocycles. The van der Waals surface area contributed by atoms with Gasteiger partial charge in [-0.05, 0) is 52.8 Å². The predicted molar refractivity (Wildman–Crippen MR) is 106 cm³/mol. The smallest absolute Gasteiger partial charge is 0.224 e. The highest BCUT2D eigenvalue weighted by Crippen LogP contribution is 2.18. The van der Waals surface area contributed by atoms with Gasteiger partial charge in [-0.2, -0.15) is 10.2 Å². The Labute approximate surface area is 160 Å². The third kappa shape index (κ3) is 4.27. The van der Waals surface area contributed by atoms with Crippen LogP contribution in [0, 0.1) is 27.7 Å². The van der Waals surface area contributed by atoms with E-state index in [1.165, 1.54) is 0 Å². The fourth-order valence-corrected chi connectivity index (χ4v) is 3.40. The van der Waals surface area contributed by atoms with Crippen molar-refractivity contribution in [3.63, 3.8) is 0 Å². The second-order valence-corrected chi connectivity index (χ2v) is 7.15. The van der Waals surface area contributed by atoms with Crippen molar-refractivity contribution < 1.29 is 4.79 Å². The molecule has 0 aliphatic rings. The zero-order valence-corrected chi connectivity index (χ0v) is 16.7. The third-order valence-electron chi connectivity index (χ3n) is 4.74. The maximum atomic E-state index is 12.6. The van der Waals surface area contributed by atoms with Gasteiger partial charge < -0.3 is 5.32 Å². The number of aryl methyl sites for hydroxylation is 3. The predicted octanol–water partition coefficient (Wildman–Crippen LogP) is 3.05. The van der Waals surface area contributed by atoms with Gasteiger partial charge in [0.1, 0.15) is 0 Å². The summed E-state index contributed by atoms with van der Waals surface area (Å²) in [5.74, 6) is 0.00263. The maximum Gasteiger partial charge on any atom is 0.224 e. The van der Waals surface area contributed by atoms with E-state index in [1.807, 2.05) is 80.4 Å². The summed E-state index contributed by atoms with van der Waals surface area (Å²) in [5.41, 5.74) is 5.96. The zero-order valence-electron chi connectivity index (χ0n) is 16.7. The van der Waals surface area contributed by atoms with Crippen LogP contribution in [-0.4, -0.2) is 31.5 Å². The molecule has 0 fully saturated rings. The van der Waals surface area contributed by atoms with Crippen LogP contribution in [0.4, 0.5) is 0 Å². The first-order chi connectivity index (χ1) is 12.8. The molecule has 2 heterocycles. The molecular formula is C21H27N5O. The molecule has 0 unspecified atom stereocenters. The Balaban J connectivity index is 1.67. The van der Waals surface area contributed by atoms with Gasteiger partial charge in [-0.1, -0.05) is 18.2 Å². The number of carbonyl (C=O) groups is 1. The van der Waals surface area contributed by atoms with Crippen molar-refractivity contribution in [3.8, 4) is 5.69 Å². The van der Waals surface area contributed by atoms with Crippen LogP contribution in [0.15, 0.2) is 36.4 Å². The van der Waals surface area contributed by atoms with E-state index in [9.17, 15) is 4.79 Å². The van der Waals surface area contributed by atoms with Crippen LogP contribution in [0.5, 0.6) is 0 Å². The summed E-state index contributed by atoms with van der Waals surface area (Å²) in [7, 11) is 0. The van der Waals surface area contributed by atoms with E-state index in [0.717, 1.165) is 34.0 Å². The molecule has 1 N–H and O–H groups in total. The van der Waals surface area contributed by atoms with Crippen molar-refractivity contribution in [3.05, 3.63) is 64.7 Å². The highest BCUT2D eigenvalue weighted by molar-refractivity contribution is 5.79. The number of para-hydroxylation sites is 1. The molecule has 0 radical (unpaired) electrons. The minimum Gasteiger partial charge on any atom is -0.351 e. The number of aromatic nitrogens is 4. The molecular weight excluding hydrogens is 338 g/mol. The van der Waals surface area contributed by atoms with Crippen molar-refractivity contribution in [1.29, 1.82) is 0 Å². The molecule has 142 valence electrons. The second kappa shape index (κ2) is 7.78. The van der Waals surface area contributed by atoms with Gasteiger partial charge in [-0.25, -0.2) is 4.68 Å². The molecule has 1 atom stereocenters. The standard InChI is InChI=1S/C21H27N5O/c1-14-11-16(3)25(23-14)13-15(2)22-21(27)12-20-17(4)24-26(18(20)5)19-9-7-6-8-10-19/h6-11,15H,12-13H2,1-5H3,(H,22,27)/t15-/m0/s1. The molecule has 2 aromatic heterocycles. The number of carbonyl (C=O) groups excluding carboxylic acids is 1. The van der Waals surface area contributed by atoms with Crippen LogP contribution >= 0.6 is 0 Å². The minimum absolute atomic E-state index is 0.000260. The average molecular weight is 365 g/mol. The number of amides is 1. The molecule has 1 aromatic carbocycles. The second-order valence-electron chi connectivity index (χ2n) is 7.15. The van der Waals surface area contributed by atoms with Crippen molar-refractivity contribution in [1.82, 2.24) is 24.9 Å². The highest BCUT2D eigenvalue weighted by Gasteiger charge is 2.17. The maximum absolute atomic E-state index is 12.6. The number of hydrogen-bond donors (Lipinski definition) is 1. The summed E-state index contributed by atoms with van der Waals surface area (Å²) < 4.78 is 3.83. The van der Waals surface area contributed by atoms with E-state index in [4.69, 9.17) is 0 Å². The molecule has 27 heavy (non-hydrogen) atoms. The first-order valence-corrected chi connectivity index (χ1v) is 9.26. The molecule has 0 saturated heterocycles. The summed E-state index contributed by atoms with van der Waals surface area (Å²) in [4.78, 5) is 12.6. The van der Waals surface area contributed by atoms with Gasteiger partial charge in [0.2, 0.25) is 5.91 Å². The molecule has 0 spiro atoms. The number of benzene rings is 1. The van der Waals surface area contributed by atoms with Crippen molar-refractivity contribution in [2.75, 3.05) is 0 Å². The Bertz CT molecular complexity index is 939. The Morgan fingerprint density at radius 1 is 1.11 bits per heavy atom. The summed E-state index contributed by atoms with van der Waals surface area (Å²) in [6.45, 7) is 10.6. The summed E-state index contributed by atoms with van der Waals surface area (Å²) >= 11 is 0. The first-order valence-electron chi connectivity index (χ1n) is 9.26. The van der Waals surface area contributed by atoms with Crippen LogP contribution in [0.1, 0.15) is 35.3 Å². The largest absolute Gasteiger partial charge is 0.351 e. The SMILES string of the molecule is Cc1cc(C)n(C[C@H](C)NC(=O)Cc2c(C)nn(-c3ccccc3)c2C)n1. The molecule has 0 aliphatic carbocycles. The number of nitrogens with one attached hydrogen (secondary N) is 1. The fourth-order valence-electron chi connectivity index (χ4n) is 3.40. The van der Waals surface area contributed by atoms with E-state index >= 15 is 0 Å². The molecule has 0 aliphatic heterocycles. The van der Waals surface area contributed by atoms with Gasteiger partial charge in [0.05, 0.1) is 30.0 Å². The minimum atomic E-state index is 0.000260. The van der Waals surface area contributed by atoms with Gasteiger partial charge >= 0.3 is 0 Å². The van der Waals surface area contributed by atoms with Crippen LogP contribution in [0.25, 0.3) is 5.69 Å². The summed E-state index contributed by atoms with van der Waals surface area (Å²) in [6.07, 6.45) is 0.325. The summed E-state index contributed by atoms with van der Waals surface area (Å²) in [6, 6.07) is 12.0. The van der Waals surface area contributed by atoms with Gasteiger partial charge in [0.25, 0.3) is 0 Å². The Kier molecular flexibility index (Phi) is 5.44. The number of hydrogen-bond acceptors (Lipinski definition) is 3. The average Bonchev–Trinajstić information content (AvgIpc) is 3.08. The molecule has 1 amide bonds. The van der Waals surface area contributed by atoms with Crippen LogP contribution < -0.4 is 5.32 Å². The Morgan fingerprint density at radius 3 is 2.44 bits per heavy atom. The molecule has 0 bridgehead atoms. The lowest BCUT2D eigenvalue weighted by Gasteiger charge is -2.15. The summed E-state index contributed by atoms with van der Waals surface area (Å²) in [5, 5.41) is 12.2. The molecule has 3 rings (SSSR count). The normalized spacial score (nSPS) is 12.2. The zero-order chi connectivity index (χ0) is 19.6. The van der Waals surface area contributed by atoms with Crippen LogP contribution in [0.2, 0.25) is 0 Å². The van der Waals surface area contributed by atoms with E-state index in [0.29, 0.717) is 13.0 Å². The van der Waals surface area contributed by atoms with Gasteiger partial charge in [-0.15, -0.1) is 0 Å². The lowest BCUT2D eigenvalue weighted by atomic mass is 10.1. The van der Waals surface area contributed by atoms with Crippen molar-refractivity contribution in [2.24, 2.45) is 0 Å².